The van der Waals surface area contributed by atoms with Gasteiger partial charge in [0.25, 0.3) is 11.8 Å². The first kappa shape index (κ1) is 22.7. The van der Waals surface area contributed by atoms with Crippen molar-refractivity contribution in [2.45, 2.75) is 45.4 Å². The minimum atomic E-state index is -0.812. The van der Waals surface area contributed by atoms with Crippen LogP contribution < -0.4 is 15.4 Å². The first-order valence-corrected chi connectivity index (χ1v) is 10.7. The summed E-state index contributed by atoms with van der Waals surface area (Å²) in [7, 11) is 0. The second-order valence-corrected chi connectivity index (χ2v) is 7.95. The molecule has 4 amide bonds. The summed E-state index contributed by atoms with van der Waals surface area (Å²) in [6.45, 7) is 2.24. The summed E-state index contributed by atoms with van der Waals surface area (Å²) in [5.74, 6) is 0.216. The number of barbiturate groups is 1. The fourth-order valence-electron chi connectivity index (χ4n) is 2.75. The van der Waals surface area contributed by atoms with Crippen molar-refractivity contribution in [2.24, 2.45) is 0 Å². The zero-order valence-corrected chi connectivity index (χ0v) is 17.3. The normalized spacial score (nSPS) is 13.7. The molecule has 0 aliphatic carbocycles. The Morgan fingerprint density at radius 3 is 2.14 bits per heavy atom. The van der Waals surface area contributed by atoms with Crippen LogP contribution in [0.2, 0.25) is 0 Å². The van der Waals surface area contributed by atoms with Crippen LogP contribution in [0.5, 0.6) is 5.75 Å². The third-order valence-corrected chi connectivity index (χ3v) is 5.15. The summed E-state index contributed by atoms with van der Waals surface area (Å²) in [6, 6.07) is 6.25. The molecule has 0 unspecified atom stereocenters. The lowest BCUT2D eigenvalue weighted by Crippen LogP contribution is -2.51. The van der Waals surface area contributed by atoms with Crippen LogP contribution >= 0.6 is 11.8 Å². The van der Waals surface area contributed by atoms with E-state index in [0.717, 1.165) is 43.6 Å². The van der Waals surface area contributed by atoms with Gasteiger partial charge in [0, 0.05) is 12.7 Å². The minimum absolute atomic E-state index is 0.113. The van der Waals surface area contributed by atoms with Crippen molar-refractivity contribution in [1.82, 2.24) is 10.6 Å². The number of carbonyl (C=O) groups is 4. The standard InChI is InChI=1S/C21H26N2O5S/c1-15(24)29-13-7-5-3-2-4-6-12-28-17-10-8-16(9-11-17)14-18-19(25)22-21(27)23-20(18)26/h8-11,14H,2-7,12-13H2,1H3,(H2,22,23,25,26,27). The molecule has 1 heterocycles. The van der Waals surface area contributed by atoms with E-state index >= 15 is 0 Å². The zero-order valence-electron chi connectivity index (χ0n) is 16.5. The molecule has 0 bridgehead atoms. The smallest absolute Gasteiger partial charge is 0.328 e. The van der Waals surface area contributed by atoms with Crippen molar-refractivity contribution < 1.29 is 23.9 Å². The van der Waals surface area contributed by atoms with Crippen LogP contribution in [-0.4, -0.2) is 35.3 Å². The second-order valence-electron chi connectivity index (χ2n) is 6.67. The van der Waals surface area contributed by atoms with Gasteiger partial charge in [0.05, 0.1) is 6.61 Å². The van der Waals surface area contributed by atoms with Gasteiger partial charge in [-0.3, -0.25) is 25.0 Å². The number of amides is 4. The van der Waals surface area contributed by atoms with Crippen LogP contribution in [-0.2, 0) is 14.4 Å². The Labute approximate surface area is 174 Å². The molecule has 1 aliphatic heterocycles. The highest BCUT2D eigenvalue weighted by Gasteiger charge is 2.27. The number of benzene rings is 1. The van der Waals surface area contributed by atoms with E-state index in [1.54, 1.807) is 31.2 Å². The molecule has 2 rings (SSSR count). The molecule has 0 spiro atoms. The Morgan fingerprint density at radius 1 is 0.931 bits per heavy atom. The molecule has 0 saturated carbocycles. The Hall–Kier alpha value is -2.61. The van der Waals surface area contributed by atoms with Gasteiger partial charge in [-0.1, -0.05) is 49.6 Å². The molecule has 1 fully saturated rings. The summed E-state index contributed by atoms with van der Waals surface area (Å²) in [4.78, 5) is 45.3. The van der Waals surface area contributed by atoms with Crippen LogP contribution in [0.25, 0.3) is 6.08 Å². The molecule has 1 aliphatic rings. The van der Waals surface area contributed by atoms with Crippen LogP contribution in [0, 0.1) is 0 Å². The monoisotopic (exact) mass is 418 g/mol. The molecule has 156 valence electrons. The molecule has 8 heteroatoms. The van der Waals surface area contributed by atoms with Crippen molar-refractivity contribution in [3.05, 3.63) is 35.4 Å². The molecular formula is C21H26N2O5S. The van der Waals surface area contributed by atoms with Gasteiger partial charge in [0.2, 0.25) is 0 Å². The number of hydrogen-bond donors (Lipinski definition) is 2. The van der Waals surface area contributed by atoms with E-state index in [2.05, 4.69) is 0 Å². The van der Waals surface area contributed by atoms with Crippen molar-refractivity contribution in [2.75, 3.05) is 12.4 Å². The van der Waals surface area contributed by atoms with E-state index in [4.69, 9.17) is 4.74 Å². The third-order valence-electron chi connectivity index (χ3n) is 4.25. The van der Waals surface area contributed by atoms with Crippen molar-refractivity contribution in [3.8, 4) is 5.75 Å². The maximum absolute atomic E-state index is 11.7. The quantitative estimate of drug-likeness (QED) is 0.324. The third kappa shape index (κ3) is 8.51. The second kappa shape index (κ2) is 12.1. The van der Waals surface area contributed by atoms with E-state index < -0.39 is 17.8 Å². The molecule has 1 aromatic carbocycles. The first-order valence-electron chi connectivity index (χ1n) is 9.70. The maximum atomic E-state index is 11.7. The summed E-state index contributed by atoms with van der Waals surface area (Å²) >= 11 is 1.40. The number of urea groups is 1. The molecule has 1 saturated heterocycles. The number of ether oxygens (including phenoxy) is 1. The van der Waals surface area contributed by atoms with E-state index in [0.29, 0.717) is 12.2 Å². The van der Waals surface area contributed by atoms with Gasteiger partial charge < -0.3 is 4.74 Å². The van der Waals surface area contributed by atoms with Gasteiger partial charge >= 0.3 is 6.03 Å². The number of hydrogen-bond acceptors (Lipinski definition) is 6. The molecule has 29 heavy (non-hydrogen) atoms. The van der Waals surface area contributed by atoms with Crippen LogP contribution in [0.3, 0.4) is 0 Å². The predicted molar refractivity (Wildman–Crippen MR) is 112 cm³/mol. The number of carbonyl (C=O) groups excluding carboxylic acids is 4. The molecule has 0 radical (unpaired) electrons. The number of nitrogens with one attached hydrogen (secondary N) is 2. The number of rotatable bonds is 11. The lowest BCUT2D eigenvalue weighted by atomic mass is 10.1. The van der Waals surface area contributed by atoms with E-state index in [-0.39, 0.29) is 10.7 Å². The zero-order chi connectivity index (χ0) is 21.1. The van der Waals surface area contributed by atoms with Crippen LogP contribution in [0.4, 0.5) is 4.79 Å². The average Bonchev–Trinajstić information content (AvgIpc) is 2.67. The fourth-order valence-corrected chi connectivity index (χ4v) is 3.39. The number of thioether (sulfide) groups is 1. The number of unbranched alkanes of at least 4 members (excludes halogenated alkanes) is 5. The van der Waals surface area contributed by atoms with Crippen molar-refractivity contribution >= 4 is 40.8 Å². The topological polar surface area (TPSA) is 102 Å². The SMILES string of the molecule is CC(=O)SCCCCCCCCOc1ccc(C=C2C(=O)NC(=O)NC2=O)cc1. The first-order chi connectivity index (χ1) is 14.0. The molecule has 1 aromatic rings. The fraction of sp³-hybridized carbons (Fsp3) is 0.429. The summed E-state index contributed by atoms with van der Waals surface area (Å²) in [6.07, 6.45) is 8.08. The Bertz CT molecular complexity index is 752. The van der Waals surface area contributed by atoms with Gasteiger partial charge in [-0.05, 0) is 36.6 Å². The van der Waals surface area contributed by atoms with Crippen molar-refractivity contribution in [1.29, 1.82) is 0 Å². The summed E-state index contributed by atoms with van der Waals surface area (Å²) < 4.78 is 5.71. The van der Waals surface area contributed by atoms with Crippen LogP contribution in [0.15, 0.2) is 29.8 Å². The molecule has 2 N–H and O–H groups in total. The van der Waals surface area contributed by atoms with E-state index in [9.17, 15) is 19.2 Å². The van der Waals surface area contributed by atoms with Gasteiger partial charge in [0.15, 0.2) is 5.12 Å². The Kier molecular flexibility index (Phi) is 9.43. The minimum Gasteiger partial charge on any atom is -0.494 e. The van der Waals surface area contributed by atoms with Crippen LogP contribution in [0.1, 0.15) is 51.0 Å². The van der Waals surface area contributed by atoms with Gasteiger partial charge in [-0.25, -0.2) is 4.79 Å². The molecule has 0 atom stereocenters. The van der Waals surface area contributed by atoms with E-state index in [1.165, 1.54) is 24.3 Å². The average molecular weight is 419 g/mol. The summed E-state index contributed by atoms with van der Waals surface area (Å²) in [5, 5.41) is 4.26. The predicted octanol–water partition coefficient (Wildman–Crippen LogP) is 3.44. The molecular weight excluding hydrogens is 392 g/mol. The molecule has 7 nitrogen and oxygen atoms in total. The highest BCUT2D eigenvalue weighted by molar-refractivity contribution is 8.13. The highest BCUT2D eigenvalue weighted by Crippen LogP contribution is 2.16. The maximum Gasteiger partial charge on any atom is 0.328 e. The largest absolute Gasteiger partial charge is 0.494 e. The van der Waals surface area contributed by atoms with Gasteiger partial charge in [-0.2, -0.15) is 0 Å². The van der Waals surface area contributed by atoms with Crippen molar-refractivity contribution in [3.63, 3.8) is 0 Å². The molecule has 0 aromatic heterocycles. The number of imide groups is 2. The lowest BCUT2D eigenvalue weighted by molar-refractivity contribution is -0.124. The van der Waals surface area contributed by atoms with E-state index in [1.807, 2.05) is 10.6 Å². The lowest BCUT2D eigenvalue weighted by Gasteiger charge is -2.13. The van der Waals surface area contributed by atoms with Gasteiger partial charge in [0.1, 0.15) is 11.3 Å². The summed E-state index contributed by atoms with van der Waals surface area (Å²) in [5.41, 5.74) is 0.549. The Morgan fingerprint density at radius 2 is 1.52 bits per heavy atom. The highest BCUT2D eigenvalue weighted by atomic mass is 32.2. The van der Waals surface area contributed by atoms with Gasteiger partial charge in [-0.15, -0.1) is 0 Å². The Balaban J connectivity index is 1.64.